The summed E-state index contributed by atoms with van der Waals surface area (Å²) in [6, 6.07) is 2.05. The molecule has 0 saturated heterocycles. The Bertz CT molecular complexity index is 309. The van der Waals surface area contributed by atoms with E-state index in [1.165, 1.54) is 5.56 Å². The highest BCUT2D eigenvalue weighted by Gasteiger charge is 2.15. The molecule has 2 nitrogen and oxygen atoms in total. The van der Waals surface area contributed by atoms with Crippen LogP contribution in [-0.2, 0) is 9.53 Å². The third-order valence-electron chi connectivity index (χ3n) is 2.66. The third kappa shape index (κ3) is 5.59. The molecule has 17 heavy (non-hydrogen) atoms. The van der Waals surface area contributed by atoms with Crippen LogP contribution >= 0.6 is 24.0 Å². The van der Waals surface area contributed by atoms with Crippen LogP contribution in [0.2, 0.25) is 0 Å². The van der Waals surface area contributed by atoms with Crippen LogP contribution in [0.1, 0.15) is 44.1 Å². The lowest BCUT2D eigenvalue weighted by Gasteiger charge is -2.12. The van der Waals surface area contributed by atoms with Crippen molar-refractivity contribution in [2.24, 2.45) is 0 Å². The molecule has 1 unspecified atom stereocenters. The normalized spacial score (nSPS) is 12.4. The molecule has 1 heterocycles. The average molecular weight is 272 g/mol. The Morgan fingerprint density at radius 3 is 2.94 bits per heavy atom. The standard InChI is InChI=1S/C13H20O2S2/c1-2-3-4-6-15-13(14)8-12(9-16)11-5-7-17-10-11/h5,7,10,12,16H,2-4,6,8-9H2,1H3. The van der Waals surface area contributed by atoms with Gasteiger partial charge >= 0.3 is 5.97 Å². The molecule has 0 saturated carbocycles. The number of carbonyl (C=O) groups excluding carboxylic acids is 1. The molecule has 0 aliphatic carbocycles. The average Bonchev–Trinajstić information content (AvgIpc) is 2.85. The highest BCUT2D eigenvalue weighted by molar-refractivity contribution is 7.80. The van der Waals surface area contributed by atoms with Crippen molar-refractivity contribution in [2.75, 3.05) is 12.4 Å². The lowest BCUT2D eigenvalue weighted by molar-refractivity contribution is -0.144. The minimum atomic E-state index is -0.105. The molecule has 0 spiro atoms. The molecule has 4 heteroatoms. The predicted octanol–water partition coefficient (Wildman–Crippen LogP) is 3.89. The van der Waals surface area contributed by atoms with Crippen molar-refractivity contribution >= 4 is 29.9 Å². The summed E-state index contributed by atoms with van der Waals surface area (Å²) in [5, 5.41) is 4.10. The third-order valence-corrected chi connectivity index (χ3v) is 3.80. The second-order valence-corrected chi connectivity index (χ2v) is 5.21. The number of esters is 1. The molecule has 1 aromatic heterocycles. The summed E-state index contributed by atoms with van der Waals surface area (Å²) in [5.74, 6) is 0.760. The summed E-state index contributed by atoms with van der Waals surface area (Å²) < 4.78 is 5.20. The van der Waals surface area contributed by atoms with Crippen LogP contribution in [0.15, 0.2) is 16.8 Å². The molecule has 0 aliphatic rings. The van der Waals surface area contributed by atoms with Crippen molar-refractivity contribution in [1.82, 2.24) is 0 Å². The Morgan fingerprint density at radius 1 is 1.53 bits per heavy atom. The van der Waals surface area contributed by atoms with Gasteiger partial charge in [-0.25, -0.2) is 0 Å². The first-order chi connectivity index (χ1) is 8.27. The smallest absolute Gasteiger partial charge is 0.306 e. The summed E-state index contributed by atoms with van der Waals surface area (Å²) in [7, 11) is 0. The Hall–Kier alpha value is -0.480. The number of thiophene rings is 1. The summed E-state index contributed by atoms with van der Waals surface area (Å²) in [4.78, 5) is 11.6. The molecule has 0 N–H and O–H groups in total. The first-order valence-electron chi connectivity index (χ1n) is 6.06. The molecule has 0 amide bonds. The van der Waals surface area contributed by atoms with Crippen LogP contribution in [0.4, 0.5) is 0 Å². The van der Waals surface area contributed by atoms with Crippen LogP contribution in [0.3, 0.4) is 0 Å². The molecular formula is C13H20O2S2. The maximum absolute atomic E-state index is 11.6. The minimum Gasteiger partial charge on any atom is -0.466 e. The molecule has 1 aromatic rings. The molecule has 0 bridgehead atoms. The van der Waals surface area contributed by atoms with Gasteiger partial charge in [-0.1, -0.05) is 19.8 Å². The van der Waals surface area contributed by atoms with Gasteiger partial charge in [-0.15, -0.1) is 0 Å². The molecule has 1 atom stereocenters. The fourth-order valence-electron chi connectivity index (χ4n) is 1.59. The zero-order chi connectivity index (χ0) is 12.5. The highest BCUT2D eigenvalue weighted by Crippen LogP contribution is 2.23. The Balaban J connectivity index is 2.28. The van der Waals surface area contributed by atoms with Gasteiger partial charge in [0.15, 0.2) is 0 Å². The first kappa shape index (κ1) is 14.6. The van der Waals surface area contributed by atoms with Gasteiger partial charge in [0.1, 0.15) is 0 Å². The lowest BCUT2D eigenvalue weighted by Crippen LogP contribution is -2.12. The van der Waals surface area contributed by atoms with E-state index < -0.39 is 0 Å². The van der Waals surface area contributed by atoms with Gasteiger partial charge in [0.05, 0.1) is 13.0 Å². The zero-order valence-corrected chi connectivity index (χ0v) is 11.9. The van der Waals surface area contributed by atoms with Gasteiger partial charge < -0.3 is 4.74 Å². The SMILES string of the molecule is CCCCCOC(=O)CC(CS)c1ccsc1. The fourth-order valence-corrected chi connectivity index (χ4v) is 2.68. The van der Waals surface area contributed by atoms with Gasteiger partial charge in [0.2, 0.25) is 0 Å². The number of thiol groups is 1. The van der Waals surface area contributed by atoms with Crippen molar-refractivity contribution in [3.8, 4) is 0 Å². The highest BCUT2D eigenvalue weighted by atomic mass is 32.1. The van der Waals surface area contributed by atoms with E-state index >= 15 is 0 Å². The Kier molecular flexibility index (Phi) is 7.37. The van der Waals surface area contributed by atoms with E-state index in [-0.39, 0.29) is 11.9 Å². The summed E-state index contributed by atoms with van der Waals surface area (Å²) in [5.41, 5.74) is 1.19. The van der Waals surface area contributed by atoms with Crippen LogP contribution in [-0.4, -0.2) is 18.3 Å². The monoisotopic (exact) mass is 272 g/mol. The number of ether oxygens (including phenoxy) is 1. The number of hydrogen-bond donors (Lipinski definition) is 1. The largest absolute Gasteiger partial charge is 0.466 e. The van der Waals surface area contributed by atoms with Crippen molar-refractivity contribution in [3.63, 3.8) is 0 Å². The molecule has 0 radical (unpaired) electrons. The van der Waals surface area contributed by atoms with Gasteiger partial charge in [-0.05, 0) is 34.6 Å². The molecule has 0 aromatic carbocycles. The molecular weight excluding hydrogens is 252 g/mol. The molecule has 1 rings (SSSR count). The van der Waals surface area contributed by atoms with E-state index in [0.717, 1.165) is 19.3 Å². The summed E-state index contributed by atoms with van der Waals surface area (Å²) in [6.45, 7) is 2.69. The minimum absolute atomic E-state index is 0.105. The van der Waals surface area contributed by atoms with Crippen LogP contribution in [0.5, 0.6) is 0 Å². The lowest BCUT2D eigenvalue weighted by atomic mass is 10.0. The number of carbonyl (C=O) groups is 1. The molecule has 0 aliphatic heterocycles. The molecule has 0 fully saturated rings. The van der Waals surface area contributed by atoms with Crippen molar-refractivity contribution in [3.05, 3.63) is 22.4 Å². The van der Waals surface area contributed by atoms with E-state index in [0.29, 0.717) is 18.8 Å². The predicted molar refractivity (Wildman–Crippen MR) is 76.0 cm³/mol. The Labute approximate surface area is 113 Å². The van der Waals surface area contributed by atoms with Gasteiger partial charge in [0.25, 0.3) is 0 Å². The molecule has 96 valence electrons. The van der Waals surface area contributed by atoms with Crippen LogP contribution in [0.25, 0.3) is 0 Å². The van der Waals surface area contributed by atoms with E-state index in [1.54, 1.807) is 11.3 Å². The van der Waals surface area contributed by atoms with Crippen LogP contribution in [0, 0.1) is 0 Å². The maximum Gasteiger partial charge on any atom is 0.306 e. The Morgan fingerprint density at radius 2 is 2.35 bits per heavy atom. The van der Waals surface area contributed by atoms with Gasteiger partial charge in [0, 0.05) is 5.92 Å². The summed E-state index contributed by atoms with van der Waals surface area (Å²) in [6.07, 6.45) is 3.66. The van der Waals surface area contributed by atoms with E-state index in [9.17, 15) is 4.79 Å². The topological polar surface area (TPSA) is 26.3 Å². The van der Waals surface area contributed by atoms with Crippen molar-refractivity contribution in [1.29, 1.82) is 0 Å². The summed E-state index contributed by atoms with van der Waals surface area (Å²) >= 11 is 5.95. The van der Waals surface area contributed by atoms with Crippen LogP contribution < -0.4 is 0 Å². The van der Waals surface area contributed by atoms with E-state index in [2.05, 4.69) is 31.0 Å². The number of hydrogen-bond acceptors (Lipinski definition) is 4. The van der Waals surface area contributed by atoms with Gasteiger partial charge in [-0.3, -0.25) is 4.79 Å². The van der Waals surface area contributed by atoms with Gasteiger partial charge in [-0.2, -0.15) is 24.0 Å². The van der Waals surface area contributed by atoms with E-state index in [1.807, 2.05) is 5.38 Å². The first-order valence-corrected chi connectivity index (χ1v) is 7.64. The fraction of sp³-hybridized carbons (Fsp3) is 0.615. The van der Waals surface area contributed by atoms with Crippen molar-refractivity contribution < 1.29 is 9.53 Å². The number of rotatable bonds is 8. The van der Waals surface area contributed by atoms with E-state index in [4.69, 9.17) is 4.74 Å². The number of unbranched alkanes of at least 4 members (excludes halogenated alkanes) is 2. The quantitative estimate of drug-likeness (QED) is 0.441. The second-order valence-electron chi connectivity index (χ2n) is 4.07. The zero-order valence-electron chi connectivity index (χ0n) is 10.2. The van der Waals surface area contributed by atoms with Crippen molar-refractivity contribution in [2.45, 2.75) is 38.5 Å². The second kappa shape index (κ2) is 8.59. The maximum atomic E-state index is 11.6.